The van der Waals surface area contributed by atoms with E-state index in [1.807, 2.05) is 18.2 Å². The van der Waals surface area contributed by atoms with Gasteiger partial charge >= 0.3 is 11.9 Å². The van der Waals surface area contributed by atoms with Gasteiger partial charge in [0.2, 0.25) is 5.75 Å². The van der Waals surface area contributed by atoms with Gasteiger partial charge in [0, 0.05) is 53.9 Å². The molecule has 0 atom stereocenters. The maximum Gasteiger partial charge on any atom is 0.416 e. The molecule has 2 aliphatic carbocycles. The van der Waals surface area contributed by atoms with Crippen molar-refractivity contribution in [3.8, 4) is 17.2 Å². The van der Waals surface area contributed by atoms with E-state index in [0.29, 0.717) is 54.6 Å². The zero-order valence-corrected chi connectivity index (χ0v) is 29.7. The van der Waals surface area contributed by atoms with Crippen LogP contribution in [0.1, 0.15) is 76.0 Å². The highest BCUT2D eigenvalue weighted by atomic mass is 35.5. The maximum absolute atomic E-state index is 14.3. The van der Waals surface area contributed by atoms with Crippen LogP contribution in [-0.2, 0) is 22.2 Å². The van der Waals surface area contributed by atoms with Crippen LogP contribution in [0.15, 0.2) is 83.2 Å². The van der Waals surface area contributed by atoms with Gasteiger partial charge in [-0.25, -0.2) is 0 Å². The van der Waals surface area contributed by atoms with Gasteiger partial charge in [-0.2, -0.15) is 13.2 Å². The van der Waals surface area contributed by atoms with Crippen molar-refractivity contribution in [3.63, 3.8) is 0 Å². The number of rotatable bonds is 8. The molecule has 0 radical (unpaired) electrons. The van der Waals surface area contributed by atoms with Gasteiger partial charge in [-0.15, -0.1) is 0 Å². The third-order valence-electron chi connectivity index (χ3n) is 9.77. The van der Waals surface area contributed by atoms with Crippen LogP contribution in [0.25, 0.3) is 0 Å². The molecule has 3 aromatic carbocycles. The van der Waals surface area contributed by atoms with Crippen molar-refractivity contribution >= 4 is 28.9 Å². The van der Waals surface area contributed by atoms with Crippen molar-refractivity contribution in [2.45, 2.75) is 71.9 Å². The molecule has 0 amide bonds. The summed E-state index contributed by atoms with van der Waals surface area (Å²) < 4.78 is 51.5. The standard InChI is InChI=1S/C39H38ClF3N2O6/c1-37(2)18-27-34(29(46)20-37)33(35-28(19-38(3,4)21-30(35)47)44(27)14-13-22-9-7-6-8-10-22)23-15-25(40)36(32(16-23)50-5)51-31-12-11-24(39(41,42)43)17-26(31)45(48)49/h6-12,15-17,33H,13-14,18-21H2,1-5H3. The van der Waals surface area contributed by atoms with Crippen molar-refractivity contribution in [1.29, 1.82) is 0 Å². The first kappa shape index (κ1) is 36.2. The number of nitrogens with zero attached hydrogens (tertiary/aromatic N) is 2. The minimum Gasteiger partial charge on any atom is -0.493 e. The van der Waals surface area contributed by atoms with E-state index in [4.69, 9.17) is 21.1 Å². The predicted molar refractivity (Wildman–Crippen MR) is 186 cm³/mol. The Labute approximate surface area is 299 Å². The molecule has 0 aromatic heterocycles. The molecule has 0 N–H and O–H groups in total. The molecule has 0 spiro atoms. The summed E-state index contributed by atoms with van der Waals surface area (Å²) in [5.41, 5.74) is 1.64. The quantitative estimate of drug-likeness (QED) is 0.169. The lowest BCUT2D eigenvalue weighted by atomic mass is 9.63. The molecule has 0 saturated carbocycles. The third kappa shape index (κ3) is 7.13. The van der Waals surface area contributed by atoms with E-state index in [-0.39, 0.29) is 51.8 Å². The average molecular weight is 723 g/mol. The molecule has 51 heavy (non-hydrogen) atoms. The van der Waals surface area contributed by atoms with Crippen molar-refractivity contribution in [3.05, 3.63) is 115 Å². The van der Waals surface area contributed by atoms with Gasteiger partial charge in [0.05, 0.1) is 22.6 Å². The summed E-state index contributed by atoms with van der Waals surface area (Å²) in [5, 5.41) is 11.7. The monoisotopic (exact) mass is 722 g/mol. The van der Waals surface area contributed by atoms with E-state index in [1.54, 1.807) is 6.07 Å². The first-order chi connectivity index (χ1) is 23.9. The normalized spacial score (nSPS) is 18.8. The second-order valence-electron chi connectivity index (χ2n) is 15.0. The number of allylic oxidation sites excluding steroid dienone is 4. The van der Waals surface area contributed by atoms with Crippen LogP contribution < -0.4 is 9.47 Å². The maximum atomic E-state index is 14.3. The molecule has 0 unspecified atom stereocenters. The minimum atomic E-state index is -4.81. The summed E-state index contributed by atoms with van der Waals surface area (Å²) in [6, 6.07) is 15.1. The van der Waals surface area contributed by atoms with Crippen LogP contribution in [0.5, 0.6) is 17.2 Å². The minimum absolute atomic E-state index is 0.0229. The number of Topliss-reactive ketones (excluding diaryl/α,β-unsaturated/α-hetero) is 2. The first-order valence-electron chi connectivity index (χ1n) is 16.6. The lowest BCUT2D eigenvalue weighted by Gasteiger charge is -2.49. The summed E-state index contributed by atoms with van der Waals surface area (Å²) in [6.07, 6.45) is -2.34. The fourth-order valence-electron chi connectivity index (χ4n) is 7.57. The first-order valence-corrected chi connectivity index (χ1v) is 17.0. The molecular weight excluding hydrogens is 685 g/mol. The van der Waals surface area contributed by atoms with Crippen molar-refractivity contribution in [2.75, 3.05) is 13.7 Å². The number of alkyl halides is 3. The average Bonchev–Trinajstić information content (AvgIpc) is 3.03. The van der Waals surface area contributed by atoms with Gasteiger partial charge in [-0.1, -0.05) is 69.6 Å². The lowest BCUT2D eigenvalue weighted by molar-refractivity contribution is -0.385. The van der Waals surface area contributed by atoms with E-state index in [1.165, 1.54) is 13.2 Å². The molecule has 1 heterocycles. The number of nitro benzene ring substituents is 1. The second-order valence-corrected chi connectivity index (χ2v) is 15.4. The van der Waals surface area contributed by atoms with Gasteiger partial charge in [-0.3, -0.25) is 19.7 Å². The summed E-state index contributed by atoms with van der Waals surface area (Å²) in [7, 11) is 1.33. The molecule has 268 valence electrons. The van der Waals surface area contributed by atoms with Gasteiger partial charge < -0.3 is 14.4 Å². The van der Waals surface area contributed by atoms with Gasteiger partial charge in [-0.05, 0) is 65.5 Å². The number of carbonyl (C=O) groups excluding carboxylic acids is 2. The van der Waals surface area contributed by atoms with Crippen LogP contribution >= 0.6 is 11.6 Å². The Bertz CT molecular complexity index is 1950. The molecular formula is C39H38ClF3N2O6. The molecule has 8 nitrogen and oxygen atoms in total. The Hall–Kier alpha value is -4.64. The number of methoxy groups -OCH3 is 1. The summed E-state index contributed by atoms with van der Waals surface area (Å²) >= 11 is 6.81. The number of hydrogen-bond acceptors (Lipinski definition) is 7. The van der Waals surface area contributed by atoms with Crippen LogP contribution in [0.3, 0.4) is 0 Å². The zero-order valence-electron chi connectivity index (χ0n) is 28.9. The zero-order chi connectivity index (χ0) is 37.0. The van der Waals surface area contributed by atoms with E-state index < -0.39 is 34.0 Å². The van der Waals surface area contributed by atoms with Crippen LogP contribution in [0.4, 0.5) is 18.9 Å². The largest absolute Gasteiger partial charge is 0.493 e. The van der Waals surface area contributed by atoms with Gasteiger partial charge in [0.15, 0.2) is 23.1 Å². The van der Waals surface area contributed by atoms with Crippen LogP contribution in [-0.4, -0.2) is 35.0 Å². The number of nitro groups is 1. The van der Waals surface area contributed by atoms with Gasteiger partial charge in [0.1, 0.15) is 0 Å². The van der Waals surface area contributed by atoms with Crippen molar-refractivity contribution in [1.82, 2.24) is 4.90 Å². The molecule has 3 aromatic rings. The highest BCUT2D eigenvalue weighted by Crippen LogP contribution is 2.56. The number of carbonyl (C=O) groups is 2. The smallest absolute Gasteiger partial charge is 0.416 e. The number of ketones is 2. The van der Waals surface area contributed by atoms with E-state index in [9.17, 15) is 32.9 Å². The second kappa shape index (κ2) is 13.2. The molecule has 0 bridgehead atoms. The summed E-state index contributed by atoms with van der Waals surface area (Å²) in [4.78, 5) is 41.5. The van der Waals surface area contributed by atoms with Crippen LogP contribution in [0, 0.1) is 20.9 Å². The fraction of sp³-hybridized carbons (Fsp3) is 0.385. The molecule has 12 heteroatoms. The Morgan fingerprint density at radius 2 is 1.47 bits per heavy atom. The molecule has 0 saturated heterocycles. The highest BCUT2D eigenvalue weighted by Gasteiger charge is 2.49. The summed E-state index contributed by atoms with van der Waals surface area (Å²) in [6.45, 7) is 8.82. The highest BCUT2D eigenvalue weighted by molar-refractivity contribution is 6.32. The van der Waals surface area contributed by atoms with E-state index in [0.717, 1.165) is 23.0 Å². The Balaban J connectivity index is 1.50. The topological polar surface area (TPSA) is 99.0 Å². The van der Waals surface area contributed by atoms with E-state index >= 15 is 0 Å². The SMILES string of the molecule is COc1cc(C2C3=C(CC(C)(C)CC3=O)N(CCc3ccccc3)C3=C2C(=O)CC(C)(C)C3)cc(Cl)c1Oc1ccc(C(F)(F)F)cc1[N+](=O)[O-]. The Morgan fingerprint density at radius 3 is 2.00 bits per heavy atom. The Morgan fingerprint density at radius 1 is 0.882 bits per heavy atom. The predicted octanol–water partition coefficient (Wildman–Crippen LogP) is 10.00. The van der Waals surface area contributed by atoms with Gasteiger partial charge in [0.25, 0.3) is 0 Å². The van der Waals surface area contributed by atoms with Crippen LogP contribution in [0.2, 0.25) is 5.02 Å². The number of ether oxygens (including phenoxy) is 2. The van der Waals surface area contributed by atoms with E-state index in [2.05, 4.69) is 44.7 Å². The number of hydrogen-bond donors (Lipinski definition) is 0. The van der Waals surface area contributed by atoms with Crippen molar-refractivity contribution < 1.29 is 37.2 Å². The lowest BCUT2D eigenvalue weighted by Crippen LogP contribution is -2.45. The molecule has 1 aliphatic heterocycles. The third-order valence-corrected chi connectivity index (χ3v) is 10.0. The number of benzene rings is 3. The molecule has 0 fully saturated rings. The fourth-order valence-corrected chi connectivity index (χ4v) is 7.83. The molecule has 6 rings (SSSR count). The summed E-state index contributed by atoms with van der Waals surface area (Å²) in [5.74, 6) is -1.53. The van der Waals surface area contributed by atoms with Crippen molar-refractivity contribution in [2.24, 2.45) is 10.8 Å². The Kier molecular flexibility index (Phi) is 9.33. The molecule has 3 aliphatic rings. The number of halogens is 4.